The Morgan fingerprint density at radius 1 is 0.481 bits per heavy atom. The van der Waals surface area contributed by atoms with Crippen molar-refractivity contribution in [3.05, 3.63) is 130 Å². The van der Waals surface area contributed by atoms with Crippen LogP contribution in [0.2, 0.25) is 0 Å². The van der Waals surface area contributed by atoms with Gasteiger partial charge < -0.3 is 4.48 Å². The topological polar surface area (TPSA) is 0 Å². The van der Waals surface area contributed by atoms with Crippen LogP contribution in [0.3, 0.4) is 0 Å². The summed E-state index contributed by atoms with van der Waals surface area (Å²) in [4.78, 5) is 0. The summed E-state index contributed by atoms with van der Waals surface area (Å²) in [6, 6.07) is 26.0. The van der Waals surface area contributed by atoms with Crippen molar-refractivity contribution < 1.29 is 39.6 Å². The van der Waals surface area contributed by atoms with Crippen molar-refractivity contribution >= 4 is 21.5 Å². The SMILES string of the molecule is FCc1cc(-c2cc3ccccc3c3c2C[N+]2(CCCCCCC2)Cc2c(-c4cc(CF)cc(C(F)(F)F)c4)cc4ccccc4c2-3)cc(C(F)(F)F)c1. The van der Waals surface area contributed by atoms with Gasteiger partial charge in [-0.25, -0.2) is 8.78 Å². The quantitative estimate of drug-likeness (QED) is 0.125. The van der Waals surface area contributed by atoms with Gasteiger partial charge in [0.25, 0.3) is 0 Å². The second-order valence-corrected chi connectivity index (χ2v) is 15.0. The molecule has 2 aliphatic rings. The third-order valence-corrected chi connectivity index (χ3v) is 11.4. The number of nitrogens with zero attached hydrogens (tertiary/aromatic N) is 1. The molecular weight excluding hydrogens is 706 g/mol. The highest BCUT2D eigenvalue weighted by Gasteiger charge is 2.39. The standard InChI is InChI=1S/C45H38F8N/c46-24-28-16-32(20-34(18-28)44(48,49)50)38-22-30-10-4-6-12-36(30)42-40(38)26-54(14-8-2-1-3-9-15-54)27-41-39(23-31-11-5-7-13-37(31)43(41)42)33-17-29(25-47)19-35(21-33)45(51,52)53/h4-7,10-13,16-23H,1-3,8-9,14-15,24-27H2/q+1. The summed E-state index contributed by atoms with van der Waals surface area (Å²) in [6.45, 7) is 0.291. The molecule has 1 spiro atoms. The van der Waals surface area contributed by atoms with Crippen molar-refractivity contribution in [1.29, 1.82) is 0 Å². The number of rotatable bonds is 4. The molecule has 9 heteroatoms. The Labute approximate surface area is 308 Å². The zero-order valence-corrected chi connectivity index (χ0v) is 29.5. The van der Waals surface area contributed by atoms with Crippen LogP contribution in [-0.2, 0) is 38.8 Å². The molecule has 2 heterocycles. The molecule has 278 valence electrons. The monoisotopic (exact) mass is 744 g/mol. The highest BCUT2D eigenvalue weighted by atomic mass is 19.4. The van der Waals surface area contributed by atoms with Gasteiger partial charge in [-0.15, -0.1) is 0 Å². The van der Waals surface area contributed by atoms with Crippen LogP contribution in [0.25, 0.3) is 54.9 Å². The molecule has 54 heavy (non-hydrogen) atoms. The molecule has 0 aromatic heterocycles. The zero-order valence-electron chi connectivity index (χ0n) is 29.5. The maximum atomic E-state index is 14.3. The molecule has 1 nitrogen and oxygen atoms in total. The predicted octanol–water partition coefficient (Wildman–Crippen LogP) is 13.8. The molecule has 2 aliphatic heterocycles. The summed E-state index contributed by atoms with van der Waals surface area (Å²) >= 11 is 0. The van der Waals surface area contributed by atoms with Gasteiger partial charge in [-0.2, -0.15) is 26.3 Å². The first-order valence-electron chi connectivity index (χ1n) is 18.4. The van der Waals surface area contributed by atoms with Gasteiger partial charge >= 0.3 is 12.4 Å². The molecule has 0 radical (unpaired) electrons. The maximum absolute atomic E-state index is 14.3. The van der Waals surface area contributed by atoms with Crippen molar-refractivity contribution in [2.45, 2.75) is 70.9 Å². The smallest absolute Gasteiger partial charge is 0.316 e. The van der Waals surface area contributed by atoms with Crippen LogP contribution in [0.5, 0.6) is 0 Å². The van der Waals surface area contributed by atoms with E-state index in [-0.39, 0.29) is 22.3 Å². The lowest BCUT2D eigenvalue weighted by atomic mass is 9.81. The van der Waals surface area contributed by atoms with E-state index in [0.717, 1.165) is 113 Å². The largest absolute Gasteiger partial charge is 0.416 e. The van der Waals surface area contributed by atoms with Crippen LogP contribution >= 0.6 is 0 Å². The summed E-state index contributed by atoms with van der Waals surface area (Å²) in [5.74, 6) is 0. The van der Waals surface area contributed by atoms with E-state index < -0.39 is 36.8 Å². The average Bonchev–Trinajstić information content (AvgIpc) is 3.30. The van der Waals surface area contributed by atoms with Gasteiger partial charge in [0.15, 0.2) is 0 Å². The van der Waals surface area contributed by atoms with E-state index in [1.807, 2.05) is 60.7 Å². The second-order valence-electron chi connectivity index (χ2n) is 15.0. The summed E-state index contributed by atoms with van der Waals surface area (Å²) in [6.07, 6.45) is -4.49. The number of hydrogen-bond donors (Lipinski definition) is 0. The number of quaternary nitrogens is 1. The lowest BCUT2D eigenvalue weighted by Crippen LogP contribution is -2.48. The van der Waals surface area contributed by atoms with Crippen molar-refractivity contribution in [2.75, 3.05) is 13.1 Å². The third-order valence-electron chi connectivity index (χ3n) is 11.4. The Bertz CT molecular complexity index is 2220. The fourth-order valence-corrected chi connectivity index (χ4v) is 8.95. The number of halogens is 8. The van der Waals surface area contributed by atoms with Crippen LogP contribution in [0.4, 0.5) is 35.1 Å². The number of fused-ring (bicyclic) bond motifs is 7. The summed E-state index contributed by atoms with van der Waals surface area (Å²) < 4.78 is 115. The molecule has 1 fully saturated rings. The van der Waals surface area contributed by atoms with Gasteiger partial charge in [-0.05, 0) is 129 Å². The minimum atomic E-state index is -4.70. The first-order valence-corrected chi connectivity index (χ1v) is 18.4. The van der Waals surface area contributed by atoms with Gasteiger partial charge in [-0.3, -0.25) is 0 Å². The molecule has 6 aromatic rings. The number of alkyl halides is 8. The summed E-state index contributed by atoms with van der Waals surface area (Å²) in [5, 5.41) is 3.26. The van der Waals surface area contributed by atoms with Gasteiger partial charge in [0.05, 0.1) is 24.2 Å². The molecule has 0 bridgehead atoms. The van der Waals surface area contributed by atoms with Gasteiger partial charge in [0, 0.05) is 22.3 Å². The Kier molecular flexibility index (Phi) is 9.28. The molecule has 1 saturated heterocycles. The average molecular weight is 745 g/mol. The van der Waals surface area contributed by atoms with Crippen molar-refractivity contribution in [3.8, 4) is 33.4 Å². The molecule has 8 rings (SSSR count). The van der Waals surface area contributed by atoms with E-state index in [1.54, 1.807) is 0 Å². The van der Waals surface area contributed by atoms with E-state index in [2.05, 4.69) is 0 Å². The molecule has 0 amide bonds. The number of benzene rings is 6. The van der Waals surface area contributed by atoms with E-state index in [1.165, 1.54) is 12.1 Å². The number of hydrogen-bond acceptors (Lipinski definition) is 0. The third kappa shape index (κ3) is 6.65. The van der Waals surface area contributed by atoms with Crippen LogP contribution in [-0.4, -0.2) is 17.6 Å². The van der Waals surface area contributed by atoms with Gasteiger partial charge in [0.1, 0.15) is 26.4 Å². The van der Waals surface area contributed by atoms with E-state index in [9.17, 15) is 35.1 Å². The summed E-state index contributed by atoms with van der Waals surface area (Å²) in [5.41, 5.74) is 2.93. The highest BCUT2D eigenvalue weighted by molar-refractivity contribution is 6.12. The maximum Gasteiger partial charge on any atom is 0.416 e. The van der Waals surface area contributed by atoms with Crippen molar-refractivity contribution in [2.24, 2.45) is 0 Å². The minimum Gasteiger partial charge on any atom is -0.316 e. The predicted molar refractivity (Wildman–Crippen MR) is 198 cm³/mol. The van der Waals surface area contributed by atoms with E-state index in [0.29, 0.717) is 28.7 Å². The highest BCUT2D eigenvalue weighted by Crippen LogP contribution is 2.51. The second kappa shape index (κ2) is 13.8. The van der Waals surface area contributed by atoms with Crippen molar-refractivity contribution in [3.63, 3.8) is 0 Å². The van der Waals surface area contributed by atoms with Crippen LogP contribution in [0.1, 0.15) is 65.5 Å². The Balaban J connectivity index is 1.55. The first kappa shape index (κ1) is 36.2. The van der Waals surface area contributed by atoms with Gasteiger partial charge in [-0.1, -0.05) is 55.0 Å². The Hall–Kier alpha value is -4.76. The normalized spacial score (nSPS) is 16.1. The van der Waals surface area contributed by atoms with Crippen LogP contribution < -0.4 is 0 Å². The van der Waals surface area contributed by atoms with E-state index in [4.69, 9.17) is 0 Å². The van der Waals surface area contributed by atoms with E-state index >= 15 is 0 Å². The molecule has 0 atom stereocenters. The lowest BCUT2D eigenvalue weighted by molar-refractivity contribution is -0.954. The molecular formula is C45H38F8N+. The Morgan fingerprint density at radius 3 is 1.30 bits per heavy atom. The molecule has 6 aromatic carbocycles. The van der Waals surface area contributed by atoms with Crippen LogP contribution in [0.15, 0.2) is 97.1 Å². The lowest BCUT2D eigenvalue weighted by Gasteiger charge is -2.40. The first-order chi connectivity index (χ1) is 25.9. The Morgan fingerprint density at radius 2 is 0.889 bits per heavy atom. The van der Waals surface area contributed by atoms with Crippen LogP contribution in [0, 0.1) is 0 Å². The molecule has 0 aliphatic carbocycles. The fraction of sp³-hybridized carbons (Fsp3) is 0.289. The molecule has 0 unspecified atom stereocenters. The summed E-state index contributed by atoms with van der Waals surface area (Å²) in [7, 11) is 0. The molecule has 0 N–H and O–H groups in total. The fourth-order valence-electron chi connectivity index (χ4n) is 8.95. The van der Waals surface area contributed by atoms with Crippen molar-refractivity contribution in [1.82, 2.24) is 0 Å². The van der Waals surface area contributed by atoms with Gasteiger partial charge in [0.2, 0.25) is 0 Å². The zero-order chi connectivity index (χ0) is 37.8. The minimum absolute atomic E-state index is 0.0770. The molecule has 0 saturated carbocycles.